The molecule has 1 saturated carbocycles. The van der Waals surface area contributed by atoms with Crippen molar-refractivity contribution in [3.05, 3.63) is 89.3 Å². The molecule has 0 spiro atoms. The molecule has 0 radical (unpaired) electrons. The van der Waals surface area contributed by atoms with Crippen LogP contribution in [-0.2, 0) is 23.8 Å². The van der Waals surface area contributed by atoms with E-state index in [9.17, 15) is 18.0 Å². The number of carbonyl (C=O) groups excluding carboxylic acids is 1. The number of hydrogen-bond acceptors (Lipinski definition) is 5. The summed E-state index contributed by atoms with van der Waals surface area (Å²) in [5, 5.41) is 11.0. The summed E-state index contributed by atoms with van der Waals surface area (Å²) in [6.07, 6.45) is 7.93. The summed E-state index contributed by atoms with van der Waals surface area (Å²) in [6, 6.07) is 7.90. The summed E-state index contributed by atoms with van der Waals surface area (Å²) in [7, 11) is 0. The van der Waals surface area contributed by atoms with Crippen LogP contribution in [0.2, 0.25) is 0 Å². The van der Waals surface area contributed by atoms with Gasteiger partial charge in [-0.2, -0.15) is 23.4 Å². The van der Waals surface area contributed by atoms with Crippen LogP contribution in [-0.4, -0.2) is 26.1 Å². The Hall–Kier alpha value is -3.62. The van der Waals surface area contributed by atoms with Crippen molar-refractivity contribution in [1.29, 1.82) is 0 Å². The number of nitrogens with one attached hydrogen (secondary N) is 1. The van der Waals surface area contributed by atoms with Crippen molar-refractivity contribution in [2.24, 2.45) is 5.92 Å². The van der Waals surface area contributed by atoms with Crippen molar-refractivity contribution in [3.8, 4) is 0 Å². The second-order valence-corrected chi connectivity index (χ2v) is 8.34. The number of rotatable bonds is 6. The fraction of sp³-hybridized carbons (Fsp3) is 0.320. The molecule has 0 bridgehead atoms. The molecule has 176 valence electrons. The fourth-order valence-corrected chi connectivity index (χ4v) is 3.94. The lowest BCUT2D eigenvalue weighted by molar-refractivity contribution is -0.137. The van der Waals surface area contributed by atoms with Gasteiger partial charge >= 0.3 is 6.18 Å². The fourth-order valence-electron chi connectivity index (χ4n) is 3.94. The molecule has 0 saturated heterocycles. The molecular formula is C25H24F3N5O. The minimum absolute atomic E-state index is 0.0113. The van der Waals surface area contributed by atoms with E-state index in [1.54, 1.807) is 24.7 Å². The SMILES string of the molecule is O=C(Nc1cccnc1)C1CCC(=CCc2cnnc(Cc3ccc(C(F)(F)F)cn3)c2)CC1. The van der Waals surface area contributed by atoms with E-state index in [2.05, 4.69) is 31.6 Å². The van der Waals surface area contributed by atoms with Gasteiger partial charge in [0.25, 0.3) is 0 Å². The molecule has 0 aromatic carbocycles. The Kier molecular flexibility index (Phi) is 7.30. The molecule has 4 rings (SSSR count). The van der Waals surface area contributed by atoms with Crippen LogP contribution in [0.5, 0.6) is 0 Å². The molecule has 34 heavy (non-hydrogen) atoms. The van der Waals surface area contributed by atoms with Gasteiger partial charge in [0.05, 0.1) is 29.3 Å². The molecule has 0 atom stereocenters. The number of pyridine rings is 2. The van der Waals surface area contributed by atoms with Crippen LogP contribution in [0.15, 0.2) is 66.8 Å². The Morgan fingerprint density at radius 1 is 1.09 bits per heavy atom. The van der Waals surface area contributed by atoms with E-state index in [1.165, 1.54) is 11.6 Å². The Bertz CT molecular complexity index is 1140. The van der Waals surface area contributed by atoms with Crippen molar-refractivity contribution in [1.82, 2.24) is 20.2 Å². The molecule has 1 fully saturated rings. The third kappa shape index (κ3) is 6.46. The predicted octanol–water partition coefficient (Wildman–Crippen LogP) is 5.17. The highest BCUT2D eigenvalue weighted by atomic mass is 19.4. The van der Waals surface area contributed by atoms with E-state index in [-0.39, 0.29) is 11.8 Å². The third-order valence-corrected chi connectivity index (χ3v) is 5.83. The first-order chi connectivity index (χ1) is 16.4. The predicted molar refractivity (Wildman–Crippen MR) is 121 cm³/mol. The summed E-state index contributed by atoms with van der Waals surface area (Å²) in [5.74, 6) is 0.0229. The molecule has 3 aromatic rings. The lowest BCUT2D eigenvalue weighted by atomic mass is 9.84. The van der Waals surface area contributed by atoms with E-state index in [0.717, 1.165) is 43.5 Å². The van der Waals surface area contributed by atoms with E-state index in [1.807, 2.05) is 12.1 Å². The van der Waals surface area contributed by atoms with Crippen molar-refractivity contribution in [2.75, 3.05) is 5.32 Å². The van der Waals surface area contributed by atoms with Gasteiger partial charge in [-0.05, 0) is 68.0 Å². The summed E-state index contributed by atoms with van der Waals surface area (Å²) in [6.45, 7) is 0. The highest BCUT2D eigenvalue weighted by molar-refractivity contribution is 5.92. The third-order valence-electron chi connectivity index (χ3n) is 5.83. The van der Waals surface area contributed by atoms with Gasteiger partial charge < -0.3 is 5.32 Å². The standard InChI is InChI=1S/C25H24F3N5O/c26-25(27,28)20-9-10-21(30-15-20)13-23-12-18(14-31-33-23)4-3-17-5-7-19(8-6-17)24(34)32-22-2-1-11-29-16-22/h1-3,9-12,14-16,19H,4-8,13H2,(H,32,34). The van der Waals surface area contributed by atoms with Crippen molar-refractivity contribution >= 4 is 11.6 Å². The summed E-state index contributed by atoms with van der Waals surface area (Å²) >= 11 is 0. The smallest absolute Gasteiger partial charge is 0.324 e. The van der Waals surface area contributed by atoms with E-state index in [4.69, 9.17) is 0 Å². The quantitative estimate of drug-likeness (QED) is 0.506. The van der Waals surface area contributed by atoms with E-state index in [0.29, 0.717) is 29.9 Å². The number of carbonyl (C=O) groups is 1. The summed E-state index contributed by atoms with van der Waals surface area (Å²) in [4.78, 5) is 20.4. The molecule has 0 aliphatic heterocycles. The largest absolute Gasteiger partial charge is 0.417 e. The maximum atomic E-state index is 12.7. The van der Waals surface area contributed by atoms with Crippen LogP contribution in [0, 0.1) is 5.92 Å². The van der Waals surface area contributed by atoms with Gasteiger partial charge in [0.1, 0.15) is 0 Å². The van der Waals surface area contributed by atoms with Crippen LogP contribution in [0.3, 0.4) is 0 Å². The number of hydrogen-bond donors (Lipinski definition) is 1. The maximum absolute atomic E-state index is 12.7. The van der Waals surface area contributed by atoms with Crippen molar-refractivity contribution in [2.45, 2.75) is 44.7 Å². The number of nitrogens with zero attached hydrogens (tertiary/aromatic N) is 4. The average Bonchev–Trinajstić information content (AvgIpc) is 2.84. The van der Waals surface area contributed by atoms with Gasteiger partial charge in [0, 0.05) is 30.4 Å². The first kappa shape index (κ1) is 23.5. The lowest BCUT2D eigenvalue weighted by Crippen LogP contribution is -2.25. The van der Waals surface area contributed by atoms with Gasteiger partial charge in [-0.15, -0.1) is 0 Å². The molecule has 3 aromatic heterocycles. The zero-order valence-corrected chi connectivity index (χ0v) is 18.4. The molecule has 0 unspecified atom stereocenters. The van der Waals surface area contributed by atoms with Crippen LogP contribution >= 0.6 is 0 Å². The van der Waals surface area contributed by atoms with Gasteiger partial charge in [-0.1, -0.05) is 11.6 Å². The van der Waals surface area contributed by atoms with Crippen LogP contribution in [0.25, 0.3) is 0 Å². The zero-order chi connectivity index (χ0) is 24.0. The second-order valence-electron chi connectivity index (χ2n) is 8.34. The van der Waals surface area contributed by atoms with Crippen molar-refractivity contribution < 1.29 is 18.0 Å². The molecule has 1 aliphatic rings. The van der Waals surface area contributed by atoms with Crippen LogP contribution in [0.4, 0.5) is 18.9 Å². The number of halogens is 3. The van der Waals surface area contributed by atoms with E-state index < -0.39 is 11.7 Å². The Morgan fingerprint density at radius 2 is 1.91 bits per heavy atom. The molecular weight excluding hydrogens is 443 g/mol. The van der Waals surface area contributed by atoms with Gasteiger partial charge in [-0.25, -0.2) is 0 Å². The van der Waals surface area contributed by atoms with Crippen molar-refractivity contribution in [3.63, 3.8) is 0 Å². The molecule has 1 N–H and O–H groups in total. The molecule has 3 heterocycles. The topological polar surface area (TPSA) is 80.7 Å². The number of aromatic nitrogens is 4. The first-order valence-corrected chi connectivity index (χ1v) is 11.1. The summed E-state index contributed by atoms with van der Waals surface area (Å²) < 4.78 is 38.1. The van der Waals surface area contributed by atoms with Gasteiger partial charge in [0.2, 0.25) is 5.91 Å². The summed E-state index contributed by atoms with van der Waals surface area (Å²) in [5.41, 5.74) is 3.38. The minimum atomic E-state index is -4.40. The zero-order valence-electron chi connectivity index (χ0n) is 18.4. The number of amides is 1. The average molecular weight is 467 g/mol. The number of alkyl halides is 3. The molecule has 6 nitrogen and oxygen atoms in total. The normalized spacial score (nSPS) is 16.2. The molecule has 1 amide bonds. The van der Waals surface area contributed by atoms with Crippen LogP contribution in [0.1, 0.15) is 48.2 Å². The second kappa shape index (κ2) is 10.5. The lowest BCUT2D eigenvalue weighted by Gasteiger charge is -2.23. The van der Waals surface area contributed by atoms with Crippen LogP contribution < -0.4 is 5.32 Å². The Morgan fingerprint density at radius 3 is 2.59 bits per heavy atom. The minimum Gasteiger partial charge on any atom is -0.324 e. The number of allylic oxidation sites excluding steroid dienone is 2. The first-order valence-electron chi connectivity index (χ1n) is 11.1. The van der Waals surface area contributed by atoms with E-state index >= 15 is 0 Å². The maximum Gasteiger partial charge on any atom is 0.417 e. The monoisotopic (exact) mass is 467 g/mol. The highest BCUT2D eigenvalue weighted by Gasteiger charge is 2.30. The molecule has 1 aliphatic carbocycles. The Balaban J connectivity index is 1.29. The number of anilines is 1. The van der Waals surface area contributed by atoms with Gasteiger partial charge in [-0.3, -0.25) is 14.8 Å². The molecule has 9 heteroatoms. The van der Waals surface area contributed by atoms with Gasteiger partial charge in [0.15, 0.2) is 0 Å². The Labute approximate surface area is 195 Å². The highest BCUT2D eigenvalue weighted by Crippen LogP contribution is 2.30.